The SMILES string of the molecule is O=C(NCC1CCN(c2ccccc2)C1)NCC(C1CCOC1)N1CCOCC1. The molecule has 2 N–H and O–H groups in total. The summed E-state index contributed by atoms with van der Waals surface area (Å²) in [6.45, 7) is 8.49. The van der Waals surface area contributed by atoms with E-state index in [2.05, 4.69) is 44.7 Å². The molecule has 1 aromatic carbocycles. The maximum absolute atomic E-state index is 12.4. The average Bonchev–Trinajstić information content (AvgIpc) is 3.46. The molecule has 3 aliphatic heterocycles. The summed E-state index contributed by atoms with van der Waals surface area (Å²) in [5, 5.41) is 6.22. The number of para-hydroxylation sites is 1. The molecule has 3 unspecified atom stereocenters. The highest BCUT2D eigenvalue weighted by molar-refractivity contribution is 5.73. The number of nitrogens with zero attached hydrogens (tertiary/aromatic N) is 2. The van der Waals surface area contributed by atoms with Crippen molar-refractivity contribution in [2.75, 3.05) is 70.6 Å². The molecule has 7 heteroatoms. The highest BCUT2D eigenvalue weighted by Gasteiger charge is 2.32. The van der Waals surface area contributed by atoms with E-state index >= 15 is 0 Å². The summed E-state index contributed by atoms with van der Waals surface area (Å²) in [5.41, 5.74) is 1.27. The van der Waals surface area contributed by atoms with Crippen LogP contribution in [0.4, 0.5) is 10.5 Å². The predicted octanol–water partition coefficient (Wildman–Crippen LogP) is 1.55. The van der Waals surface area contributed by atoms with Gasteiger partial charge >= 0.3 is 6.03 Å². The van der Waals surface area contributed by atoms with Gasteiger partial charge in [-0.15, -0.1) is 0 Å². The Morgan fingerprint density at radius 1 is 1.03 bits per heavy atom. The lowest BCUT2D eigenvalue weighted by Crippen LogP contribution is -2.53. The minimum atomic E-state index is -0.0552. The number of hydrogen-bond acceptors (Lipinski definition) is 5. The monoisotopic (exact) mass is 402 g/mol. The number of nitrogens with one attached hydrogen (secondary N) is 2. The first-order valence-corrected chi connectivity index (χ1v) is 11.0. The molecule has 1 aromatic rings. The number of ether oxygens (including phenoxy) is 2. The van der Waals surface area contributed by atoms with Crippen LogP contribution in [0.25, 0.3) is 0 Å². The second-order valence-corrected chi connectivity index (χ2v) is 8.37. The van der Waals surface area contributed by atoms with E-state index in [0.29, 0.717) is 24.4 Å². The van der Waals surface area contributed by atoms with E-state index in [1.807, 2.05) is 6.07 Å². The predicted molar refractivity (Wildman–Crippen MR) is 113 cm³/mol. The summed E-state index contributed by atoms with van der Waals surface area (Å²) in [6, 6.07) is 10.8. The standard InChI is InChI=1S/C22H34N4O3/c27-22(23-14-18-6-8-26(16-18)20-4-2-1-3-5-20)24-15-21(19-7-11-29-17-19)25-9-12-28-13-10-25/h1-5,18-19,21H,6-17H2,(H2,23,24,27). The van der Waals surface area contributed by atoms with Crippen molar-refractivity contribution in [3.8, 4) is 0 Å². The van der Waals surface area contributed by atoms with Gasteiger partial charge in [-0.25, -0.2) is 4.79 Å². The van der Waals surface area contributed by atoms with Gasteiger partial charge < -0.3 is 25.0 Å². The zero-order valence-corrected chi connectivity index (χ0v) is 17.2. The lowest BCUT2D eigenvalue weighted by Gasteiger charge is -2.37. The molecule has 3 saturated heterocycles. The van der Waals surface area contributed by atoms with E-state index in [1.54, 1.807) is 0 Å². The van der Waals surface area contributed by atoms with Crippen LogP contribution in [0.2, 0.25) is 0 Å². The molecule has 3 aliphatic rings. The van der Waals surface area contributed by atoms with Crippen LogP contribution in [0.5, 0.6) is 0 Å². The van der Waals surface area contributed by atoms with Crippen LogP contribution in [0, 0.1) is 11.8 Å². The van der Waals surface area contributed by atoms with Gasteiger partial charge in [-0.1, -0.05) is 18.2 Å². The number of rotatable bonds is 7. The van der Waals surface area contributed by atoms with Crippen LogP contribution in [0.3, 0.4) is 0 Å². The van der Waals surface area contributed by atoms with Gasteiger partial charge in [0.2, 0.25) is 0 Å². The molecule has 0 bridgehead atoms. The van der Waals surface area contributed by atoms with Gasteiger partial charge in [-0.2, -0.15) is 0 Å². The van der Waals surface area contributed by atoms with Gasteiger partial charge in [0.05, 0.1) is 19.8 Å². The lowest BCUT2D eigenvalue weighted by molar-refractivity contribution is 0.00212. The fourth-order valence-corrected chi connectivity index (χ4v) is 4.73. The number of urea groups is 1. The van der Waals surface area contributed by atoms with Crippen LogP contribution in [0.1, 0.15) is 12.8 Å². The Morgan fingerprint density at radius 2 is 1.86 bits per heavy atom. The summed E-state index contributed by atoms with van der Waals surface area (Å²) in [4.78, 5) is 17.3. The van der Waals surface area contributed by atoms with Crippen molar-refractivity contribution in [2.24, 2.45) is 11.8 Å². The molecule has 0 saturated carbocycles. The molecule has 3 atom stereocenters. The van der Waals surface area contributed by atoms with Crippen LogP contribution in [0.15, 0.2) is 30.3 Å². The smallest absolute Gasteiger partial charge is 0.314 e. The summed E-state index contributed by atoms with van der Waals surface area (Å²) >= 11 is 0. The molecule has 0 aliphatic carbocycles. The molecule has 4 rings (SSSR count). The maximum atomic E-state index is 12.4. The van der Waals surface area contributed by atoms with Crippen molar-refractivity contribution in [1.29, 1.82) is 0 Å². The van der Waals surface area contributed by atoms with Gasteiger partial charge in [0.1, 0.15) is 0 Å². The summed E-state index contributed by atoms with van der Waals surface area (Å²) in [7, 11) is 0. The van der Waals surface area contributed by atoms with Gasteiger partial charge in [-0.3, -0.25) is 4.90 Å². The van der Waals surface area contributed by atoms with Crippen LogP contribution in [-0.2, 0) is 9.47 Å². The Morgan fingerprint density at radius 3 is 2.62 bits per heavy atom. The molecule has 3 heterocycles. The highest BCUT2D eigenvalue weighted by atomic mass is 16.5. The molecular formula is C22H34N4O3. The number of morpholine rings is 1. The minimum Gasteiger partial charge on any atom is -0.381 e. The maximum Gasteiger partial charge on any atom is 0.314 e. The summed E-state index contributed by atoms with van der Waals surface area (Å²) in [5.74, 6) is 0.988. The first kappa shape index (κ1) is 20.4. The van der Waals surface area contributed by atoms with Crippen molar-refractivity contribution in [3.05, 3.63) is 30.3 Å². The van der Waals surface area contributed by atoms with E-state index in [-0.39, 0.29) is 6.03 Å². The molecule has 7 nitrogen and oxygen atoms in total. The van der Waals surface area contributed by atoms with E-state index in [4.69, 9.17) is 9.47 Å². The Bertz CT molecular complexity index is 632. The minimum absolute atomic E-state index is 0.0552. The Kier molecular flexibility index (Phi) is 7.24. The van der Waals surface area contributed by atoms with Crippen molar-refractivity contribution in [2.45, 2.75) is 18.9 Å². The molecule has 0 spiro atoms. The zero-order chi connectivity index (χ0) is 19.9. The quantitative estimate of drug-likeness (QED) is 0.725. The third kappa shape index (κ3) is 5.62. The second kappa shape index (κ2) is 10.3. The van der Waals surface area contributed by atoms with Crippen molar-refractivity contribution in [1.82, 2.24) is 15.5 Å². The number of hydrogen-bond donors (Lipinski definition) is 2. The molecule has 160 valence electrons. The molecule has 0 radical (unpaired) electrons. The largest absolute Gasteiger partial charge is 0.381 e. The third-order valence-electron chi connectivity index (χ3n) is 6.45. The highest BCUT2D eigenvalue weighted by Crippen LogP contribution is 2.23. The summed E-state index contributed by atoms with van der Waals surface area (Å²) < 4.78 is 11.1. The second-order valence-electron chi connectivity index (χ2n) is 8.37. The lowest BCUT2D eigenvalue weighted by atomic mass is 9.97. The van der Waals surface area contributed by atoms with Crippen LogP contribution >= 0.6 is 0 Å². The number of benzene rings is 1. The van der Waals surface area contributed by atoms with Gasteiger partial charge in [0.15, 0.2) is 0 Å². The van der Waals surface area contributed by atoms with Crippen molar-refractivity contribution < 1.29 is 14.3 Å². The van der Waals surface area contributed by atoms with E-state index < -0.39 is 0 Å². The van der Waals surface area contributed by atoms with Crippen molar-refractivity contribution in [3.63, 3.8) is 0 Å². The fraction of sp³-hybridized carbons (Fsp3) is 0.682. The van der Waals surface area contributed by atoms with E-state index in [1.165, 1.54) is 5.69 Å². The van der Waals surface area contributed by atoms with E-state index in [0.717, 1.165) is 72.0 Å². The first-order valence-electron chi connectivity index (χ1n) is 11.0. The number of carbonyl (C=O) groups is 1. The zero-order valence-electron chi connectivity index (χ0n) is 17.2. The van der Waals surface area contributed by atoms with Crippen LogP contribution < -0.4 is 15.5 Å². The molecule has 29 heavy (non-hydrogen) atoms. The van der Waals surface area contributed by atoms with Crippen molar-refractivity contribution >= 4 is 11.7 Å². The Hall–Kier alpha value is -1.83. The molecule has 2 amide bonds. The van der Waals surface area contributed by atoms with Gasteiger partial charge in [-0.05, 0) is 30.9 Å². The topological polar surface area (TPSA) is 66.1 Å². The Balaban J connectivity index is 1.20. The number of amides is 2. The van der Waals surface area contributed by atoms with Gasteiger partial charge in [0, 0.05) is 63.5 Å². The van der Waals surface area contributed by atoms with E-state index in [9.17, 15) is 4.79 Å². The Labute approximate surface area is 173 Å². The number of carbonyl (C=O) groups excluding carboxylic acids is 1. The normalized spacial score (nSPS) is 26.4. The first-order chi connectivity index (χ1) is 14.3. The van der Waals surface area contributed by atoms with Gasteiger partial charge in [0.25, 0.3) is 0 Å². The number of anilines is 1. The fourth-order valence-electron chi connectivity index (χ4n) is 4.73. The molecule has 3 fully saturated rings. The van der Waals surface area contributed by atoms with Crippen LogP contribution in [-0.4, -0.2) is 82.7 Å². The molecule has 0 aromatic heterocycles. The summed E-state index contributed by atoms with van der Waals surface area (Å²) in [6.07, 6.45) is 2.19. The third-order valence-corrected chi connectivity index (χ3v) is 6.45. The molecular weight excluding hydrogens is 368 g/mol. The average molecular weight is 403 g/mol.